The van der Waals surface area contributed by atoms with Crippen LogP contribution in [0.4, 0.5) is 5.69 Å². The number of ketones is 1. The largest absolute Gasteiger partial charge is 0.505 e. The van der Waals surface area contributed by atoms with Crippen molar-refractivity contribution >= 4 is 28.8 Å². The minimum absolute atomic E-state index is 0.0257. The number of imidazole rings is 1. The van der Waals surface area contributed by atoms with E-state index >= 15 is 0 Å². The Bertz CT molecular complexity index is 1470. The molecule has 1 aliphatic rings. The lowest BCUT2D eigenvalue weighted by atomic mass is 9.96. The molecule has 4 heterocycles. The van der Waals surface area contributed by atoms with E-state index in [4.69, 9.17) is 4.42 Å². The SMILES string of the molecule is Cc1nc2ccccn2c1C(O)=C1C(=O)C(=O)N(Cc2ccco2)C1c1ccc([N+](=O)[O-])cc1. The van der Waals surface area contributed by atoms with Gasteiger partial charge in [-0.15, -0.1) is 0 Å². The Balaban J connectivity index is 1.71. The summed E-state index contributed by atoms with van der Waals surface area (Å²) in [6.45, 7) is 1.67. The number of furan rings is 1. The van der Waals surface area contributed by atoms with Gasteiger partial charge in [0.1, 0.15) is 17.1 Å². The Labute approximate surface area is 192 Å². The monoisotopic (exact) mass is 458 g/mol. The molecule has 1 aliphatic heterocycles. The highest BCUT2D eigenvalue weighted by atomic mass is 16.6. The Hall–Kier alpha value is -4.73. The standard InChI is InChI=1S/C24H18N4O6/c1-14-20(26-11-3-2-6-18(26)25-14)22(29)19-21(15-7-9-16(10-8-15)28(32)33)27(24(31)23(19)30)13-17-5-4-12-34-17/h2-12,21,29H,13H2,1H3. The van der Waals surface area contributed by atoms with Crippen LogP contribution in [-0.4, -0.2) is 36.0 Å². The average Bonchev–Trinajstić information content (AvgIpc) is 3.52. The van der Waals surface area contributed by atoms with Crippen molar-refractivity contribution in [1.82, 2.24) is 14.3 Å². The van der Waals surface area contributed by atoms with E-state index in [0.717, 1.165) is 0 Å². The summed E-state index contributed by atoms with van der Waals surface area (Å²) < 4.78 is 7.01. The maximum absolute atomic E-state index is 13.2. The van der Waals surface area contributed by atoms with E-state index < -0.39 is 22.7 Å². The van der Waals surface area contributed by atoms with Crippen molar-refractivity contribution in [3.63, 3.8) is 0 Å². The van der Waals surface area contributed by atoms with Crippen LogP contribution in [0.5, 0.6) is 0 Å². The van der Waals surface area contributed by atoms with Crippen LogP contribution in [0.1, 0.15) is 28.8 Å². The molecule has 10 heteroatoms. The minimum Gasteiger partial charge on any atom is -0.505 e. The summed E-state index contributed by atoms with van der Waals surface area (Å²) >= 11 is 0. The minimum atomic E-state index is -0.987. The van der Waals surface area contributed by atoms with Crippen molar-refractivity contribution in [2.45, 2.75) is 19.5 Å². The maximum Gasteiger partial charge on any atom is 0.296 e. The van der Waals surface area contributed by atoms with E-state index in [-0.39, 0.29) is 23.6 Å². The fourth-order valence-corrected chi connectivity index (χ4v) is 4.26. The van der Waals surface area contributed by atoms with E-state index in [1.807, 2.05) is 0 Å². The molecule has 1 amide bonds. The highest BCUT2D eigenvalue weighted by Gasteiger charge is 2.47. The zero-order valence-corrected chi connectivity index (χ0v) is 17.9. The molecule has 1 aromatic carbocycles. The van der Waals surface area contributed by atoms with Gasteiger partial charge in [-0.3, -0.25) is 24.1 Å². The third kappa shape index (κ3) is 3.32. The fraction of sp³-hybridized carbons (Fsp3) is 0.125. The van der Waals surface area contributed by atoms with E-state index in [9.17, 15) is 24.8 Å². The number of benzene rings is 1. The van der Waals surface area contributed by atoms with E-state index in [0.29, 0.717) is 28.4 Å². The fourth-order valence-electron chi connectivity index (χ4n) is 4.26. The summed E-state index contributed by atoms with van der Waals surface area (Å²) in [7, 11) is 0. The number of aryl methyl sites for hydroxylation is 1. The molecule has 1 saturated heterocycles. The quantitative estimate of drug-likeness (QED) is 0.158. The molecule has 5 rings (SSSR count). The second-order valence-electron chi connectivity index (χ2n) is 7.83. The lowest BCUT2D eigenvalue weighted by molar-refractivity contribution is -0.384. The average molecular weight is 458 g/mol. The molecule has 1 fully saturated rings. The van der Waals surface area contributed by atoms with Crippen LogP contribution in [-0.2, 0) is 16.1 Å². The van der Waals surface area contributed by atoms with Crippen LogP contribution >= 0.6 is 0 Å². The molecule has 0 aliphatic carbocycles. The highest BCUT2D eigenvalue weighted by molar-refractivity contribution is 6.46. The van der Waals surface area contributed by atoms with Crippen LogP contribution in [0.25, 0.3) is 11.4 Å². The summed E-state index contributed by atoms with van der Waals surface area (Å²) in [5.74, 6) is -1.61. The summed E-state index contributed by atoms with van der Waals surface area (Å²) in [5.41, 5.74) is 1.51. The maximum atomic E-state index is 13.2. The zero-order valence-electron chi connectivity index (χ0n) is 17.9. The number of likely N-dealkylation sites (tertiary alicyclic amines) is 1. The van der Waals surface area contributed by atoms with Crippen molar-refractivity contribution < 1.29 is 24.0 Å². The second kappa shape index (κ2) is 8.00. The predicted molar refractivity (Wildman–Crippen MR) is 120 cm³/mol. The van der Waals surface area contributed by atoms with Gasteiger partial charge in [0.15, 0.2) is 5.76 Å². The molecular weight excluding hydrogens is 440 g/mol. The third-order valence-electron chi connectivity index (χ3n) is 5.79. The molecule has 1 atom stereocenters. The number of carbonyl (C=O) groups is 2. The normalized spacial score (nSPS) is 17.6. The lowest BCUT2D eigenvalue weighted by Gasteiger charge is -2.24. The van der Waals surface area contributed by atoms with Gasteiger partial charge in [0.25, 0.3) is 17.4 Å². The van der Waals surface area contributed by atoms with Gasteiger partial charge >= 0.3 is 0 Å². The van der Waals surface area contributed by atoms with Gasteiger partial charge in [0.05, 0.1) is 35.0 Å². The number of aliphatic hydroxyl groups excluding tert-OH is 1. The van der Waals surface area contributed by atoms with Gasteiger partial charge in [0.2, 0.25) is 0 Å². The number of carbonyl (C=O) groups excluding carboxylic acids is 2. The molecule has 170 valence electrons. The molecule has 1 unspecified atom stereocenters. The molecule has 4 aromatic rings. The van der Waals surface area contributed by atoms with Crippen LogP contribution in [0.2, 0.25) is 0 Å². The van der Waals surface area contributed by atoms with Gasteiger partial charge in [-0.25, -0.2) is 4.98 Å². The number of hydrogen-bond donors (Lipinski definition) is 1. The molecule has 34 heavy (non-hydrogen) atoms. The van der Waals surface area contributed by atoms with Crippen LogP contribution in [0.3, 0.4) is 0 Å². The summed E-state index contributed by atoms with van der Waals surface area (Å²) in [4.78, 5) is 42.6. The first-order valence-corrected chi connectivity index (χ1v) is 10.4. The smallest absolute Gasteiger partial charge is 0.296 e. The van der Waals surface area contributed by atoms with Gasteiger partial charge in [0, 0.05) is 18.3 Å². The number of nitrogens with zero attached hydrogens (tertiary/aromatic N) is 4. The first-order chi connectivity index (χ1) is 16.4. The number of rotatable bonds is 5. The molecule has 10 nitrogen and oxygen atoms in total. The topological polar surface area (TPSA) is 131 Å². The molecule has 1 N–H and O–H groups in total. The number of aromatic nitrogens is 2. The Kier molecular flexibility index (Phi) is 4.97. The predicted octanol–water partition coefficient (Wildman–Crippen LogP) is 3.77. The van der Waals surface area contributed by atoms with Crippen LogP contribution < -0.4 is 0 Å². The van der Waals surface area contributed by atoms with Gasteiger partial charge in [-0.05, 0) is 48.9 Å². The van der Waals surface area contributed by atoms with Gasteiger partial charge in [-0.2, -0.15) is 0 Å². The van der Waals surface area contributed by atoms with E-state index in [1.54, 1.807) is 47.9 Å². The number of nitro benzene ring substituents is 1. The molecule has 0 bridgehead atoms. The van der Waals surface area contributed by atoms with Crippen molar-refractivity contribution in [3.05, 3.63) is 105 Å². The van der Waals surface area contributed by atoms with Gasteiger partial charge < -0.3 is 14.4 Å². The zero-order chi connectivity index (χ0) is 24.0. The Morgan fingerprint density at radius 2 is 1.91 bits per heavy atom. The van der Waals surface area contributed by atoms with E-state index in [1.165, 1.54) is 35.4 Å². The van der Waals surface area contributed by atoms with Crippen molar-refractivity contribution in [2.24, 2.45) is 0 Å². The van der Waals surface area contributed by atoms with Crippen molar-refractivity contribution in [1.29, 1.82) is 0 Å². The number of fused-ring (bicyclic) bond motifs is 1. The highest BCUT2D eigenvalue weighted by Crippen LogP contribution is 2.41. The number of amides is 1. The summed E-state index contributed by atoms with van der Waals surface area (Å²) in [6, 6.07) is 13.2. The molecule has 0 saturated carbocycles. The van der Waals surface area contributed by atoms with Gasteiger partial charge in [-0.1, -0.05) is 6.07 Å². The lowest BCUT2D eigenvalue weighted by Crippen LogP contribution is -2.29. The summed E-state index contributed by atoms with van der Waals surface area (Å²) in [6.07, 6.45) is 3.15. The van der Waals surface area contributed by atoms with Crippen molar-refractivity contribution in [3.8, 4) is 0 Å². The number of pyridine rings is 1. The number of Topliss-reactive ketones (excluding diaryl/α,β-unsaturated/α-hetero) is 1. The molecular formula is C24H18N4O6. The first kappa shape index (κ1) is 21.1. The molecule has 0 radical (unpaired) electrons. The Morgan fingerprint density at radius 3 is 2.59 bits per heavy atom. The molecule has 0 spiro atoms. The second-order valence-corrected chi connectivity index (χ2v) is 7.83. The van der Waals surface area contributed by atoms with Crippen LogP contribution in [0.15, 0.2) is 77.0 Å². The van der Waals surface area contributed by atoms with Crippen molar-refractivity contribution in [2.75, 3.05) is 0 Å². The third-order valence-corrected chi connectivity index (χ3v) is 5.79. The Morgan fingerprint density at radius 1 is 1.15 bits per heavy atom. The first-order valence-electron chi connectivity index (χ1n) is 10.4. The summed E-state index contributed by atoms with van der Waals surface area (Å²) in [5, 5.41) is 22.5. The number of non-ortho nitro benzene ring substituents is 1. The number of hydrogen-bond acceptors (Lipinski definition) is 7. The number of aliphatic hydroxyl groups is 1. The molecule has 3 aromatic heterocycles. The number of nitro groups is 1. The van der Waals surface area contributed by atoms with Crippen LogP contribution in [0, 0.1) is 17.0 Å². The van der Waals surface area contributed by atoms with E-state index in [2.05, 4.69) is 4.98 Å².